The standard InChI is InChI=1S/C13H19N4O8P/c1-6(2)25-26(21,22)23-3-7-9(18)10(19)13(24-7)17-5-16-8-11(17)14-4-15-12(8)20/h4-7,9-10,13,18-19H,3H2,1-2H3,(H,21,22)(H,14,15,20)/t7-,9-,10-,13-/m1/s1. The van der Waals surface area contributed by atoms with Crippen molar-refractivity contribution in [3.63, 3.8) is 0 Å². The second kappa shape index (κ2) is 7.16. The number of H-pyrrole nitrogens is 1. The largest absolute Gasteiger partial charge is 0.472 e. The summed E-state index contributed by atoms with van der Waals surface area (Å²) in [5, 5.41) is 20.4. The summed E-state index contributed by atoms with van der Waals surface area (Å²) in [7, 11) is -4.32. The highest BCUT2D eigenvalue weighted by atomic mass is 31.2. The van der Waals surface area contributed by atoms with Crippen molar-refractivity contribution in [2.24, 2.45) is 0 Å². The van der Waals surface area contributed by atoms with Crippen LogP contribution in [0.2, 0.25) is 0 Å². The van der Waals surface area contributed by atoms with Gasteiger partial charge in [0.05, 0.1) is 25.4 Å². The summed E-state index contributed by atoms with van der Waals surface area (Å²) in [6.07, 6.45) is -3.14. The molecule has 1 saturated heterocycles. The number of imidazole rings is 1. The van der Waals surface area contributed by atoms with Gasteiger partial charge in [-0.2, -0.15) is 0 Å². The molecule has 13 heteroatoms. The van der Waals surface area contributed by atoms with Crippen LogP contribution in [0.15, 0.2) is 17.4 Å². The summed E-state index contributed by atoms with van der Waals surface area (Å²) < 4.78 is 28.1. The van der Waals surface area contributed by atoms with Crippen LogP contribution in [0.5, 0.6) is 0 Å². The molecule has 0 saturated carbocycles. The Labute approximate surface area is 147 Å². The van der Waals surface area contributed by atoms with Crippen molar-refractivity contribution in [1.29, 1.82) is 0 Å². The van der Waals surface area contributed by atoms with Gasteiger partial charge in [0.1, 0.15) is 18.3 Å². The average Bonchev–Trinajstić information content (AvgIpc) is 3.08. The zero-order valence-corrected chi connectivity index (χ0v) is 14.8. The van der Waals surface area contributed by atoms with Crippen LogP contribution >= 0.6 is 7.82 Å². The van der Waals surface area contributed by atoms with E-state index in [0.29, 0.717) is 0 Å². The molecule has 2 aromatic rings. The molecule has 1 unspecified atom stereocenters. The molecule has 3 heterocycles. The molecule has 1 fully saturated rings. The number of nitrogens with zero attached hydrogens (tertiary/aromatic N) is 3. The van der Waals surface area contributed by atoms with E-state index in [1.807, 2.05) is 0 Å². The summed E-state index contributed by atoms with van der Waals surface area (Å²) in [6.45, 7) is 2.63. The molecule has 3 rings (SSSR count). The predicted octanol–water partition coefficient (Wildman–Crippen LogP) is -0.719. The minimum Gasteiger partial charge on any atom is -0.387 e. The van der Waals surface area contributed by atoms with Gasteiger partial charge in [-0.05, 0) is 13.8 Å². The molecular formula is C13H19N4O8P. The lowest BCUT2D eigenvalue weighted by atomic mass is 10.1. The maximum atomic E-state index is 11.7. The van der Waals surface area contributed by atoms with Gasteiger partial charge in [-0.3, -0.25) is 18.4 Å². The van der Waals surface area contributed by atoms with Gasteiger partial charge in [-0.15, -0.1) is 0 Å². The van der Waals surface area contributed by atoms with Crippen LogP contribution in [0.25, 0.3) is 11.2 Å². The van der Waals surface area contributed by atoms with E-state index in [1.165, 1.54) is 17.2 Å². The van der Waals surface area contributed by atoms with Crippen LogP contribution in [-0.2, 0) is 18.3 Å². The number of ether oxygens (including phenoxy) is 1. The fraction of sp³-hybridized carbons (Fsp3) is 0.615. The number of aromatic nitrogens is 4. The van der Waals surface area contributed by atoms with E-state index < -0.39 is 50.6 Å². The van der Waals surface area contributed by atoms with Gasteiger partial charge < -0.3 is 24.8 Å². The van der Waals surface area contributed by atoms with Crippen molar-refractivity contribution in [3.8, 4) is 0 Å². The number of phosphoric ester groups is 1. The molecule has 4 N–H and O–H groups in total. The number of aliphatic hydroxyl groups is 2. The first-order chi connectivity index (χ1) is 12.2. The lowest BCUT2D eigenvalue weighted by Gasteiger charge is -2.18. The predicted molar refractivity (Wildman–Crippen MR) is 86.1 cm³/mol. The minimum absolute atomic E-state index is 0.0442. The number of aromatic amines is 1. The van der Waals surface area contributed by atoms with Crippen molar-refractivity contribution >= 4 is 19.0 Å². The Morgan fingerprint density at radius 3 is 2.81 bits per heavy atom. The van der Waals surface area contributed by atoms with Gasteiger partial charge in [0.15, 0.2) is 17.4 Å². The quantitative estimate of drug-likeness (QED) is 0.462. The molecule has 0 aliphatic carbocycles. The fourth-order valence-electron chi connectivity index (χ4n) is 2.61. The van der Waals surface area contributed by atoms with Gasteiger partial charge in [0, 0.05) is 0 Å². The SMILES string of the molecule is CC(C)OP(=O)(O)OC[C@H]1O[C@@H](n2cnc3c(=O)[nH]cnc32)[C@H](O)[C@@H]1O. The molecule has 1 aliphatic rings. The topological polar surface area (TPSA) is 169 Å². The van der Waals surface area contributed by atoms with E-state index in [9.17, 15) is 24.5 Å². The third-order valence-corrected chi connectivity index (χ3v) is 4.89. The molecule has 0 spiro atoms. The number of nitrogens with one attached hydrogen (secondary N) is 1. The molecule has 2 aromatic heterocycles. The second-order valence-corrected chi connectivity index (χ2v) is 7.43. The third-order valence-electron chi connectivity index (χ3n) is 3.72. The van der Waals surface area contributed by atoms with E-state index in [4.69, 9.17) is 13.8 Å². The number of fused-ring (bicyclic) bond motifs is 1. The number of aliphatic hydroxyl groups excluding tert-OH is 2. The Morgan fingerprint density at radius 1 is 1.38 bits per heavy atom. The maximum Gasteiger partial charge on any atom is 0.472 e. The van der Waals surface area contributed by atoms with Crippen molar-refractivity contribution in [1.82, 2.24) is 19.5 Å². The van der Waals surface area contributed by atoms with Crippen molar-refractivity contribution in [3.05, 3.63) is 23.0 Å². The highest BCUT2D eigenvalue weighted by Crippen LogP contribution is 2.45. The van der Waals surface area contributed by atoms with Gasteiger partial charge >= 0.3 is 7.82 Å². The van der Waals surface area contributed by atoms with Gasteiger partial charge in [-0.1, -0.05) is 0 Å². The molecule has 0 aromatic carbocycles. The zero-order chi connectivity index (χ0) is 19.1. The van der Waals surface area contributed by atoms with E-state index in [2.05, 4.69) is 15.0 Å². The molecule has 5 atom stereocenters. The van der Waals surface area contributed by atoms with E-state index in [-0.39, 0.29) is 11.2 Å². The van der Waals surface area contributed by atoms with Crippen molar-refractivity contribution in [2.75, 3.05) is 6.61 Å². The highest BCUT2D eigenvalue weighted by molar-refractivity contribution is 7.47. The van der Waals surface area contributed by atoms with E-state index in [0.717, 1.165) is 0 Å². The monoisotopic (exact) mass is 390 g/mol. The van der Waals surface area contributed by atoms with Gasteiger partial charge in [0.25, 0.3) is 5.56 Å². The maximum absolute atomic E-state index is 11.7. The number of phosphoric acid groups is 1. The molecule has 12 nitrogen and oxygen atoms in total. The van der Waals surface area contributed by atoms with E-state index in [1.54, 1.807) is 13.8 Å². The minimum atomic E-state index is -4.32. The van der Waals surface area contributed by atoms with E-state index >= 15 is 0 Å². The first-order valence-electron chi connectivity index (χ1n) is 7.77. The Balaban J connectivity index is 1.76. The third kappa shape index (κ3) is 3.71. The summed E-state index contributed by atoms with van der Waals surface area (Å²) >= 11 is 0. The highest BCUT2D eigenvalue weighted by Gasteiger charge is 2.45. The zero-order valence-electron chi connectivity index (χ0n) is 13.9. The average molecular weight is 390 g/mol. The first kappa shape index (κ1) is 19.1. The Kier molecular flexibility index (Phi) is 5.26. The van der Waals surface area contributed by atoms with Crippen LogP contribution < -0.4 is 5.56 Å². The molecule has 1 aliphatic heterocycles. The first-order valence-corrected chi connectivity index (χ1v) is 9.26. The Bertz CT molecular complexity index is 882. The Morgan fingerprint density at radius 2 is 2.12 bits per heavy atom. The summed E-state index contributed by atoms with van der Waals surface area (Å²) in [4.78, 5) is 31.5. The number of hydrogen-bond acceptors (Lipinski definition) is 9. The summed E-state index contributed by atoms with van der Waals surface area (Å²) in [6, 6.07) is 0. The normalized spacial score (nSPS) is 28.7. The molecular weight excluding hydrogens is 371 g/mol. The van der Waals surface area contributed by atoms with Crippen LogP contribution in [0.1, 0.15) is 20.1 Å². The molecule has 26 heavy (non-hydrogen) atoms. The number of hydrogen-bond donors (Lipinski definition) is 4. The molecule has 0 amide bonds. The molecule has 0 bridgehead atoms. The summed E-state index contributed by atoms with van der Waals surface area (Å²) in [5.74, 6) is 0. The van der Waals surface area contributed by atoms with Crippen LogP contribution in [0, 0.1) is 0 Å². The second-order valence-electron chi connectivity index (χ2n) is 6.02. The lowest BCUT2D eigenvalue weighted by Crippen LogP contribution is -2.33. The molecule has 0 radical (unpaired) electrons. The lowest BCUT2D eigenvalue weighted by molar-refractivity contribution is -0.0521. The van der Waals surface area contributed by atoms with Gasteiger partial charge in [0.2, 0.25) is 0 Å². The summed E-state index contributed by atoms with van der Waals surface area (Å²) in [5.41, 5.74) is -0.265. The van der Waals surface area contributed by atoms with Gasteiger partial charge in [-0.25, -0.2) is 14.5 Å². The molecule has 144 valence electrons. The van der Waals surface area contributed by atoms with Crippen molar-refractivity contribution < 1.29 is 33.5 Å². The smallest absolute Gasteiger partial charge is 0.387 e. The van der Waals surface area contributed by atoms with Crippen LogP contribution in [-0.4, -0.2) is 65.6 Å². The van der Waals surface area contributed by atoms with Crippen LogP contribution in [0.3, 0.4) is 0 Å². The number of rotatable bonds is 6. The van der Waals surface area contributed by atoms with Crippen molar-refractivity contribution in [2.45, 2.75) is 44.5 Å². The van der Waals surface area contributed by atoms with Crippen LogP contribution in [0.4, 0.5) is 0 Å². The Hall–Kier alpha value is -1.66. The fourth-order valence-corrected chi connectivity index (χ4v) is 3.54.